The van der Waals surface area contributed by atoms with Crippen LogP contribution in [0.2, 0.25) is 0 Å². The van der Waals surface area contributed by atoms with E-state index in [1.54, 1.807) is 0 Å². The summed E-state index contributed by atoms with van der Waals surface area (Å²) in [6.07, 6.45) is 9.84. The van der Waals surface area contributed by atoms with Crippen LogP contribution in [-0.4, -0.2) is 48.8 Å². The van der Waals surface area contributed by atoms with Gasteiger partial charge in [0.1, 0.15) is 0 Å². The summed E-state index contributed by atoms with van der Waals surface area (Å²) < 4.78 is 5.75. The third kappa shape index (κ3) is 3.37. The molecule has 0 spiro atoms. The molecule has 3 unspecified atom stereocenters. The second-order valence-electron chi connectivity index (χ2n) is 7.38. The highest BCUT2D eigenvalue weighted by atomic mass is 16.5. The van der Waals surface area contributed by atoms with E-state index in [4.69, 9.17) is 4.74 Å². The van der Waals surface area contributed by atoms with Crippen molar-refractivity contribution in [2.75, 3.05) is 26.2 Å². The van der Waals surface area contributed by atoms with Gasteiger partial charge in [0.25, 0.3) is 0 Å². The van der Waals surface area contributed by atoms with Crippen molar-refractivity contribution < 1.29 is 4.74 Å². The fourth-order valence-electron chi connectivity index (χ4n) is 4.14. The van der Waals surface area contributed by atoms with Gasteiger partial charge in [0.2, 0.25) is 0 Å². The van der Waals surface area contributed by atoms with E-state index in [1.165, 1.54) is 64.6 Å². The zero-order valence-corrected chi connectivity index (χ0v) is 13.4. The summed E-state index contributed by atoms with van der Waals surface area (Å²) in [4.78, 5) is 2.77. The summed E-state index contributed by atoms with van der Waals surface area (Å²) in [5, 5.41) is 3.85. The standard InChI is InChI=1S/C17H32N2O/c1-3-15-12-18-17(2,14-8-9-14)13-19(15)10-4-6-16-7-5-11-20-16/h14-16,18H,3-13H2,1-2H3. The van der Waals surface area contributed by atoms with E-state index in [2.05, 4.69) is 24.1 Å². The van der Waals surface area contributed by atoms with E-state index in [0.29, 0.717) is 11.6 Å². The minimum absolute atomic E-state index is 0.384. The Balaban J connectivity index is 1.48. The topological polar surface area (TPSA) is 24.5 Å². The molecule has 0 aromatic carbocycles. The number of ether oxygens (including phenoxy) is 1. The number of piperazine rings is 1. The molecule has 3 fully saturated rings. The number of hydrogen-bond acceptors (Lipinski definition) is 3. The Kier molecular flexibility index (Phi) is 4.68. The zero-order valence-electron chi connectivity index (χ0n) is 13.4. The molecule has 3 aliphatic rings. The number of nitrogens with zero attached hydrogens (tertiary/aromatic N) is 1. The molecular weight excluding hydrogens is 248 g/mol. The van der Waals surface area contributed by atoms with Crippen LogP contribution in [0.15, 0.2) is 0 Å². The van der Waals surface area contributed by atoms with Gasteiger partial charge >= 0.3 is 0 Å². The fraction of sp³-hybridized carbons (Fsp3) is 1.00. The summed E-state index contributed by atoms with van der Waals surface area (Å²) in [5.41, 5.74) is 0.384. The lowest BCUT2D eigenvalue weighted by molar-refractivity contribution is 0.0612. The molecule has 3 nitrogen and oxygen atoms in total. The molecule has 116 valence electrons. The fourth-order valence-corrected chi connectivity index (χ4v) is 4.14. The molecule has 0 bridgehead atoms. The van der Waals surface area contributed by atoms with Gasteiger partial charge in [-0.25, -0.2) is 0 Å². The molecule has 2 saturated heterocycles. The minimum atomic E-state index is 0.384. The predicted molar refractivity (Wildman–Crippen MR) is 83.0 cm³/mol. The van der Waals surface area contributed by atoms with Gasteiger partial charge in [-0.15, -0.1) is 0 Å². The van der Waals surface area contributed by atoms with Crippen LogP contribution in [0.5, 0.6) is 0 Å². The predicted octanol–water partition coefficient (Wildman–Crippen LogP) is 2.80. The second-order valence-corrected chi connectivity index (χ2v) is 7.38. The third-order valence-electron chi connectivity index (χ3n) is 5.73. The van der Waals surface area contributed by atoms with Gasteiger partial charge < -0.3 is 10.1 Å². The van der Waals surface area contributed by atoms with Gasteiger partial charge in [0.15, 0.2) is 0 Å². The first-order valence-corrected chi connectivity index (χ1v) is 8.82. The highest BCUT2D eigenvalue weighted by molar-refractivity contribution is 5.03. The molecular formula is C17H32N2O. The molecule has 0 radical (unpaired) electrons. The summed E-state index contributed by atoms with van der Waals surface area (Å²) in [6.45, 7) is 9.48. The summed E-state index contributed by atoms with van der Waals surface area (Å²) >= 11 is 0. The second kappa shape index (κ2) is 6.33. The molecule has 3 atom stereocenters. The van der Waals surface area contributed by atoms with Crippen molar-refractivity contribution in [1.82, 2.24) is 10.2 Å². The van der Waals surface area contributed by atoms with Gasteiger partial charge in [-0.1, -0.05) is 6.92 Å². The van der Waals surface area contributed by atoms with Gasteiger partial charge in [-0.2, -0.15) is 0 Å². The Morgan fingerprint density at radius 1 is 1.30 bits per heavy atom. The Morgan fingerprint density at radius 2 is 2.15 bits per heavy atom. The molecule has 2 aliphatic heterocycles. The largest absolute Gasteiger partial charge is 0.378 e. The van der Waals surface area contributed by atoms with Crippen LogP contribution in [0.3, 0.4) is 0 Å². The Bertz CT molecular complexity index is 312. The van der Waals surface area contributed by atoms with Crippen LogP contribution in [0.4, 0.5) is 0 Å². The average molecular weight is 280 g/mol. The van der Waals surface area contributed by atoms with Crippen molar-refractivity contribution in [3.63, 3.8) is 0 Å². The molecule has 3 rings (SSSR count). The summed E-state index contributed by atoms with van der Waals surface area (Å²) in [5.74, 6) is 0.931. The average Bonchev–Trinajstić information content (AvgIpc) is 3.19. The quantitative estimate of drug-likeness (QED) is 0.810. The summed E-state index contributed by atoms with van der Waals surface area (Å²) in [7, 11) is 0. The number of nitrogens with one attached hydrogen (secondary N) is 1. The van der Waals surface area contributed by atoms with Crippen LogP contribution in [0.25, 0.3) is 0 Å². The van der Waals surface area contributed by atoms with E-state index >= 15 is 0 Å². The van der Waals surface area contributed by atoms with Gasteiger partial charge in [0.05, 0.1) is 6.10 Å². The van der Waals surface area contributed by atoms with E-state index in [1.807, 2.05) is 0 Å². The molecule has 0 aromatic heterocycles. The smallest absolute Gasteiger partial charge is 0.0576 e. The van der Waals surface area contributed by atoms with Crippen LogP contribution in [0, 0.1) is 5.92 Å². The van der Waals surface area contributed by atoms with Crippen LogP contribution in [-0.2, 0) is 4.74 Å². The molecule has 3 heteroatoms. The van der Waals surface area contributed by atoms with E-state index in [0.717, 1.165) is 18.6 Å². The Labute approximate surface area is 124 Å². The van der Waals surface area contributed by atoms with E-state index < -0.39 is 0 Å². The maximum Gasteiger partial charge on any atom is 0.0576 e. The maximum absolute atomic E-state index is 5.75. The van der Waals surface area contributed by atoms with Crippen molar-refractivity contribution in [2.45, 2.75) is 76.5 Å². The van der Waals surface area contributed by atoms with Crippen molar-refractivity contribution in [1.29, 1.82) is 0 Å². The van der Waals surface area contributed by atoms with Crippen molar-refractivity contribution in [2.24, 2.45) is 5.92 Å². The molecule has 2 heterocycles. The Morgan fingerprint density at radius 3 is 2.80 bits per heavy atom. The van der Waals surface area contributed by atoms with Crippen molar-refractivity contribution in [3.05, 3.63) is 0 Å². The van der Waals surface area contributed by atoms with E-state index in [9.17, 15) is 0 Å². The van der Waals surface area contributed by atoms with E-state index in [-0.39, 0.29) is 0 Å². The minimum Gasteiger partial charge on any atom is -0.378 e. The highest BCUT2D eigenvalue weighted by Gasteiger charge is 2.45. The SMILES string of the molecule is CCC1CNC(C)(C2CC2)CN1CCCC1CCCO1. The van der Waals surface area contributed by atoms with Crippen LogP contribution in [0.1, 0.15) is 58.8 Å². The molecule has 1 aliphatic carbocycles. The summed E-state index contributed by atoms with van der Waals surface area (Å²) in [6, 6.07) is 0.742. The molecule has 20 heavy (non-hydrogen) atoms. The third-order valence-corrected chi connectivity index (χ3v) is 5.73. The van der Waals surface area contributed by atoms with Crippen LogP contribution >= 0.6 is 0 Å². The van der Waals surface area contributed by atoms with Crippen LogP contribution < -0.4 is 5.32 Å². The van der Waals surface area contributed by atoms with Crippen molar-refractivity contribution >= 4 is 0 Å². The number of hydrogen-bond donors (Lipinski definition) is 1. The molecule has 0 aromatic rings. The molecule has 1 saturated carbocycles. The first-order chi connectivity index (χ1) is 9.71. The maximum atomic E-state index is 5.75. The highest BCUT2D eigenvalue weighted by Crippen LogP contribution is 2.41. The lowest BCUT2D eigenvalue weighted by atomic mass is 9.90. The lowest BCUT2D eigenvalue weighted by Crippen LogP contribution is -2.63. The lowest BCUT2D eigenvalue weighted by Gasteiger charge is -2.46. The molecule has 0 amide bonds. The zero-order chi connectivity index (χ0) is 14.0. The molecule has 1 N–H and O–H groups in total. The van der Waals surface area contributed by atoms with Gasteiger partial charge in [-0.3, -0.25) is 4.90 Å². The first-order valence-electron chi connectivity index (χ1n) is 8.82. The number of rotatable bonds is 6. The van der Waals surface area contributed by atoms with Crippen molar-refractivity contribution in [3.8, 4) is 0 Å². The van der Waals surface area contributed by atoms with Gasteiger partial charge in [0, 0.05) is 31.3 Å². The Hall–Kier alpha value is -0.120. The monoisotopic (exact) mass is 280 g/mol. The van der Waals surface area contributed by atoms with Gasteiger partial charge in [-0.05, 0) is 64.3 Å². The first kappa shape index (κ1) is 14.8. The normalized spacial score (nSPS) is 39.3.